The van der Waals surface area contributed by atoms with Gasteiger partial charge in [-0.25, -0.2) is 4.79 Å². The number of amides is 2. The number of hydrogen-bond donors (Lipinski definition) is 3. The summed E-state index contributed by atoms with van der Waals surface area (Å²) in [5.41, 5.74) is 1.09. The monoisotopic (exact) mass is 168 g/mol. The van der Waals surface area contributed by atoms with Crippen LogP contribution in [0.25, 0.3) is 0 Å². The smallest absolute Gasteiger partial charge is 0.314 e. The van der Waals surface area contributed by atoms with Crippen LogP contribution >= 0.6 is 0 Å². The van der Waals surface area contributed by atoms with Crippen LogP contribution in [0.3, 0.4) is 0 Å². The number of urea groups is 1. The maximum absolute atomic E-state index is 10.7. The van der Waals surface area contributed by atoms with Gasteiger partial charge in [0.15, 0.2) is 0 Å². The van der Waals surface area contributed by atoms with Gasteiger partial charge in [0, 0.05) is 19.8 Å². The van der Waals surface area contributed by atoms with E-state index in [0.717, 1.165) is 12.0 Å². The standard InChI is InChI=1S/C7H12N4O/c1-8-7(12)9-3-2-6-4-10-11-5-6/h4-5H,2-3H2,1H3,(H,10,11)(H2,8,9,12). The molecule has 5 nitrogen and oxygen atoms in total. The zero-order chi connectivity index (χ0) is 8.81. The van der Waals surface area contributed by atoms with E-state index in [4.69, 9.17) is 0 Å². The minimum Gasteiger partial charge on any atom is -0.341 e. The van der Waals surface area contributed by atoms with Gasteiger partial charge in [0.2, 0.25) is 0 Å². The van der Waals surface area contributed by atoms with E-state index in [1.807, 2.05) is 6.20 Å². The molecule has 0 saturated heterocycles. The lowest BCUT2D eigenvalue weighted by atomic mass is 10.2. The first kappa shape index (κ1) is 8.58. The first-order valence-corrected chi connectivity index (χ1v) is 3.76. The molecule has 5 heteroatoms. The number of carbonyl (C=O) groups excluding carboxylic acids is 1. The average Bonchev–Trinajstić information content (AvgIpc) is 2.57. The molecule has 0 spiro atoms. The molecule has 0 radical (unpaired) electrons. The minimum absolute atomic E-state index is 0.154. The zero-order valence-corrected chi connectivity index (χ0v) is 6.92. The van der Waals surface area contributed by atoms with Crippen molar-refractivity contribution < 1.29 is 4.79 Å². The van der Waals surface area contributed by atoms with Gasteiger partial charge >= 0.3 is 6.03 Å². The Labute approximate surface area is 70.5 Å². The average molecular weight is 168 g/mol. The number of nitrogens with one attached hydrogen (secondary N) is 3. The van der Waals surface area contributed by atoms with E-state index in [1.165, 1.54) is 0 Å². The molecule has 0 saturated carbocycles. The van der Waals surface area contributed by atoms with Gasteiger partial charge in [-0.2, -0.15) is 5.10 Å². The Balaban J connectivity index is 2.15. The summed E-state index contributed by atoms with van der Waals surface area (Å²) in [6.07, 6.45) is 4.35. The van der Waals surface area contributed by atoms with Crippen molar-refractivity contribution in [3.05, 3.63) is 18.0 Å². The maximum atomic E-state index is 10.7. The van der Waals surface area contributed by atoms with Gasteiger partial charge in [-0.3, -0.25) is 5.10 Å². The summed E-state index contributed by atoms with van der Waals surface area (Å²) in [6, 6.07) is -0.154. The lowest BCUT2D eigenvalue weighted by molar-refractivity contribution is 0.243. The van der Waals surface area contributed by atoms with Crippen molar-refractivity contribution in [1.82, 2.24) is 20.8 Å². The topological polar surface area (TPSA) is 69.8 Å². The number of aromatic nitrogens is 2. The molecular formula is C7H12N4O. The molecule has 1 heterocycles. The quantitative estimate of drug-likeness (QED) is 0.589. The molecule has 0 aliphatic rings. The van der Waals surface area contributed by atoms with Gasteiger partial charge in [0.05, 0.1) is 6.20 Å². The van der Waals surface area contributed by atoms with Gasteiger partial charge in [0.25, 0.3) is 0 Å². The summed E-state index contributed by atoms with van der Waals surface area (Å²) in [5.74, 6) is 0. The van der Waals surface area contributed by atoms with Crippen molar-refractivity contribution in [3.8, 4) is 0 Å². The summed E-state index contributed by atoms with van der Waals surface area (Å²) in [7, 11) is 1.59. The number of nitrogens with zero attached hydrogens (tertiary/aromatic N) is 1. The van der Waals surface area contributed by atoms with Crippen molar-refractivity contribution in [3.63, 3.8) is 0 Å². The van der Waals surface area contributed by atoms with E-state index >= 15 is 0 Å². The maximum Gasteiger partial charge on any atom is 0.314 e. The van der Waals surface area contributed by atoms with E-state index in [2.05, 4.69) is 20.8 Å². The number of hydrogen-bond acceptors (Lipinski definition) is 2. The van der Waals surface area contributed by atoms with E-state index in [1.54, 1.807) is 13.2 Å². The summed E-state index contributed by atoms with van der Waals surface area (Å²) in [6.45, 7) is 0.624. The second-order valence-corrected chi connectivity index (χ2v) is 2.36. The molecule has 12 heavy (non-hydrogen) atoms. The van der Waals surface area contributed by atoms with Crippen LogP contribution in [0, 0.1) is 0 Å². The number of rotatable bonds is 3. The molecule has 0 atom stereocenters. The molecule has 2 amide bonds. The van der Waals surface area contributed by atoms with E-state index < -0.39 is 0 Å². The van der Waals surface area contributed by atoms with Crippen LogP contribution in [0.15, 0.2) is 12.4 Å². The lowest BCUT2D eigenvalue weighted by Gasteiger charge is -2.01. The molecule has 0 aliphatic carbocycles. The van der Waals surface area contributed by atoms with Gasteiger partial charge in [-0.15, -0.1) is 0 Å². The predicted octanol–water partition coefficient (Wildman–Crippen LogP) is -0.119. The van der Waals surface area contributed by atoms with E-state index in [0.29, 0.717) is 6.54 Å². The fourth-order valence-electron chi connectivity index (χ4n) is 0.823. The molecule has 0 unspecified atom stereocenters. The summed E-state index contributed by atoms with van der Waals surface area (Å²) >= 11 is 0. The highest BCUT2D eigenvalue weighted by molar-refractivity contribution is 5.73. The molecule has 1 aromatic rings. The third-order valence-corrected chi connectivity index (χ3v) is 1.48. The van der Waals surface area contributed by atoms with Crippen molar-refractivity contribution >= 4 is 6.03 Å². The molecule has 66 valence electrons. The van der Waals surface area contributed by atoms with Crippen LogP contribution in [0.2, 0.25) is 0 Å². The molecule has 0 bridgehead atoms. The Hall–Kier alpha value is -1.52. The van der Waals surface area contributed by atoms with E-state index in [-0.39, 0.29) is 6.03 Å². The highest BCUT2D eigenvalue weighted by Gasteiger charge is 1.96. The highest BCUT2D eigenvalue weighted by Crippen LogP contribution is 1.92. The molecule has 1 rings (SSSR count). The van der Waals surface area contributed by atoms with Gasteiger partial charge in [-0.1, -0.05) is 0 Å². The van der Waals surface area contributed by atoms with Crippen molar-refractivity contribution in [2.24, 2.45) is 0 Å². The molecule has 0 aliphatic heterocycles. The molecule has 0 aromatic carbocycles. The van der Waals surface area contributed by atoms with Gasteiger partial charge in [0.1, 0.15) is 0 Å². The second kappa shape index (κ2) is 4.38. The second-order valence-electron chi connectivity index (χ2n) is 2.36. The Kier molecular flexibility index (Phi) is 3.13. The largest absolute Gasteiger partial charge is 0.341 e. The Morgan fingerprint density at radius 2 is 2.58 bits per heavy atom. The summed E-state index contributed by atoms with van der Waals surface area (Å²) < 4.78 is 0. The molecule has 3 N–H and O–H groups in total. The predicted molar refractivity (Wildman–Crippen MR) is 44.8 cm³/mol. The third-order valence-electron chi connectivity index (χ3n) is 1.48. The molecule has 0 fully saturated rings. The van der Waals surface area contributed by atoms with Crippen LogP contribution in [0.1, 0.15) is 5.56 Å². The fourth-order valence-corrected chi connectivity index (χ4v) is 0.823. The fraction of sp³-hybridized carbons (Fsp3) is 0.429. The first-order chi connectivity index (χ1) is 5.83. The SMILES string of the molecule is CNC(=O)NCCc1cn[nH]c1. The Bertz CT molecular complexity index is 232. The van der Waals surface area contributed by atoms with Crippen LogP contribution < -0.4 is 10.6 Å². The van der Waals surface area contributed by atoms with Crippen molar-refractivity contribution in [2.75, 3.05) is 13.6 Å². The zero-order valence-electron chi connectivity index (χ0n) is 6.92. The number of carbonyl (C=O) groups is 1. The minimum atomic E-state index is -0.154. The third kappa shape index (κ3) is 2.61. The van der Waals surface area contributed by atoms with Gasteiger partial charge < -0.3 is 10.6 Å². The molecule has 1 aromatic heterocycles. The normalized spacial score (nSPS) is 9.42. The molecular weight excluding hydrogens is 156 g/mol. The van der Waals surface area contributed by atoms with Gasteiger partial charge in [-0.05, 0) is 12.0 Å². The van der Waals surface area contributed by atoms with Crippen LogP contribution in [-0.4, -0.2) is 29.8 Å². The summed E-state index contributed by atoms with van der Waals surface area (Å²) in [5, 5.41) is 11.6. The highest BCUT2D eigenvalue weighted by atomic mass is 16.2. The van der Waals surface area contributed by atoms with Crippen molar-refractivity contribution in [2.45, 2.75) is 6.42 Å². The van der Waals surface area contributed by atoms with Crippen LogP contribution in [0.5, 0.6) is 0 Å². The number of H-pyrrole nitrogens is 1. The lowest BCUT2D eigenvalue weighted by Crippen LogP contribution is -2.33. The van der Waals surface area contributed by atoms with Crippen LogP contribution in [0.4, 0.5) is 4.79 Å². The Morgan fingerprint density at radius 1 is 1.75 bits per heavy atom. The first-order valence-electron chi connectivity index (χ1n) is 3.76. The van der Waals surface area contributed by atoms with Crippen LogP contribution in [-0.2, 0) is 6.42 Å². The van der Waals surface area contributed by atoms with E-state index in [9.17, 15) is 4.79 Å². The summed E-state index contributed by atoms with van der Waals surface area (Å²) in [4.78, 5) is 10.7. The number of aromatic amines is 1. The van der Waals surface area contributed by atoms with Crippen molar-refractivity contribution in [1.29, 1.82) is 0 Å². The Morgan fingerprint density at radius 3 is 3.17 bits per heavy atom.